The number of ether oxygens (including phenoxy) is 2. The van der Waals surface area contributed by atoms with Crippen molar-refractivity contribution in [1.29, 1.82) is 0 Å². The molecule has 0 unspecified atom stereocenters. The summed E-state index contributed by atoms with van der Waals surface area (Å²) in [5.74, 6) is -0.278. The first-order valence-electron chi connectivity index (χ1n) is 8.06. The SMILES string of the molecule is C[C@@H]1C[C@@H](NC(=O)CC2OCCCO2)C(=O)N1c1ccccc1. The van der Waals surface area contributed by atoms with E-state index < -0.39 is 12.3 Å². The molecule has 6 heteroatoms. The molecule has 1 N–H and O–H groups in total. The number of rotatable bonds is 4. The maximum Gasteiger partial charge on any atom is 0.249 e. The lowest BCUT2D eigenvalue weighted by molar-refractivity contribution is -0.184. The van der Waals surface area contributed by atoms with Crippen molar-refractivity contribution in [1.82, 2.24) is 5.32 Å². The van der Waals surface area contributed by atoms with Crippen LogP contribution in [-0.4, -0.2) is 43.4 Å². The van der Waals surface area contributed by atoms with Crippen molar-refractivity contribution in [2.24, 2.45) is 0 Å². The second-order valence-corrected chi connectivity index (χ2v) is 5.98. The zero-order valence-electron chi connectivity index (χ0n) is 13.2. The quantitative estimate of drug-likeness (QED) is 0.912. The summed E-state index contributed by atoms with van der Waals surface area (Å²) in [5.41, 5.74) is 0.862. The minimum atomic E-state index is -0.497. The second kappa shape index (κ2) is 7.10. The fourth-order valence-corrected chi connectivity index (χ4v) is 3.08. The molecule has 0 aromatic heterocycles. The largest absolute Gasteiger partial charge is 0.352 e. The Morgan fingerprint density at radius 2 is 1.96 bits per heavy atom. The van der Waals surface area contributed by atoms with Gasteiger partial charge in [-0.2, -0.15) is 0 Å². The number of anilines is 1. The van der Waals surface area contributed by atoms with Gasteiger partial charge in [0.2, 0.25) is 11.8 Å². The van der Waals surface area contributed by atoms with Crippen LogP contribution in [0.1, 0.15) is 26.2 Å². The molecule has 2 aliphatic rings. The number of nitrogens with one attached hydrogen (secondary N) is 1. The summed E-state index contributed by atoms with van der Waals surface area (Å²) in [6, 6.07) is 9.10. The predicted molar refractivity (Wildman–Crippen MR) is 84.9 cm³/mol. The summed E-state index contributed by atoms with van der Waals surface area (Å²) in [6.45, 7) is 3.21. The molecule has 2 heterocycles. The summed E-state index contributed by atoms with van der Waals surface area (Å²) < 4.78 is 10.7. The van der Waals surface area contributed by atoms with E-state index in [1.54, 1.807) is 4.90 Å². The highest BCUT2D eigenvalue weighted by atomic mass is 16.7. The highest BCUT2D eigenvalue weighted by molar-refractivity contribution is 6.02. The normalized spacial score (nSPS) is 25.6. The van der Waals surface area contributed by atoms with E-state index in [2.05, 4.69) is 5.32 Å². The molecule has 1 aromatic carbocycles. The zero-order valence-corrected chi connectivity index (χ0v) is 13.2. The van der Waals surface area contributed by atoms with E-state index in [1.165, 1.54) is 0 Å². The van der Waals surface area contributed by atoms with Gasteiger partial charge in [-0.3, -0.25) is 9.59 Å². The lowest BCUT2D eigenvalue weighted by atomic mass is 10.2. The van der Waals surface area contributed by atoms with Crippen LogP contribution in [0.4, 0.5) is 5.69 Å². The maximum atomic E-state index is 12.6. The number of carbonyl (C=O) groups is 2. The van der Waals surface area contributed by atoms with Crippen molar-refractivity contribution in [2.45, 2.75) is 44.6 Å². The van der Waals surface area contributed by atoms with Crippen LogP contribution in [0, 0.1) is 0 Å². The topological polar surface area (TPSA) is 67.9 Å². The van der Waals surface area contributed by atoms with Crippen LogP contribution >= 0.6 is 0 Å². The first-order valence-corrected chi connectivity index (χ1v) is 8.06. The zero-order chi connectivity index (χ0) is 16.2. The molecule has 2 saturated heterocycles. The van der Waals surface area contributed by atoms with E-state index in [9.17, 15) is 9.59 Å². The molecule has 124 valence electrons. The van der Waals surface area contributed by atoms with Gasteiger partial charge >= 0.3 is 0 Å². The highest BCUT2D eigenvalue weighted by Gasteiger charge is 2.39. The van der Waals surface area contributed by atoms with E-state index in [1.807, 2.05) is 37.3 Å². The third-order valence-electron chi connectivity index (χ3n) is 4.17. The van der Waals surface area contributed by atoms with Crippen LogP contribution in [0.25, 0.3) is 0 Å². The minimum absolute atomic E-state index is 0.0531. The lowest BCUT2D eigenvalue weighted by Crippen LogP contribution is -2.43. The van der Waals surface area contributed by atoms with Crippen LogP contribution in [0.3, 0.4) is 0 Å². The van der Waals surface area contributed by atoms with Crippen molar-refractivity contribution in [3.05, 3.63) is 30.3 Å². The number of amides is 2. The van der Waals surface area contributed by atoms with E-state index >= 15 is 0 Å². The van der Waals surface area contributed by atoms with Gasteiger partial charge in [-0.25, -0.2) is 0 Å². The predicted octanol–water partition coefficient (Wildman–Crippen LogP) is 1.45. The fourth-order valence-electron chi connectivity index (χ4n) is 3.08. The third-order valence-corrected chi connectivity index (χ3v) is 4.17. The molecule has 0 radical (unpaired) electrons. The van der Waals surface area contributed by atoms with Crippen molar-refractivity contribution in [2.75, 3.05) is 18.1 Å². The van der Waals surface area contributed by atoms with Crippen LogP contribution in [0.5, 0.6) is 0 Å². The first-order chi connectivity index (χ1) is 11.1. The summed E-state index contributed by atoms with van der Waals surface area (Å²) in [4.78, 5) is 26.5. The van der Waals surface area contributed by atoms with Crippen molar-refractivity contribution < 1.29 is 19.1 Å². The minimum Gasteiger partial charge on any atom is -0.352 e. The molecular formula is C17H22N2O4. The average Bonchev–Trinajstić information content (AvgIpc) is 2.83. The Bertz CT molecular complexity index is 557. The van der Waals surface area contributed by atoms with Gasteiger partial charge in [0.25, 0.3) is 0 Å². The molecule has 6 nitrogen and oxygen atoms in total. The van der Waals surface area contributed by atoms with Gasteiger partial charge in [-0.05, 0) is 31.9 Å². The number of carbonyl (C=O) groups excluding carboxylic acids is 2. The van der Waals surface area contributed by atoms with Crippen LogP contribution in [0.15, 0.2) is 30.3 Å². The van der Waals surface area contributed by atoms with Crippen molar-refractivity contribution in [3.8, 4) is 0 Å². The van der Waals surface area contributed by atoms with Gasteiger partial charge in [-0.1, -0.05) is 18.2 Å². The van der Waals surface area contributed by atoms with Crippen molar-refractivity contribution >= 4 is 17.5 Å². The molecule has 0 saturated carbocycles. The Hall–Kier alpha value is -1.92. The summed E-state index contributed by atoms with van der Waals surface area (Å²) in [6.07, 6.45) is 1.08. The van der Waals surface area contributed by atoms with Gasteiger partial charge in [0.05, 0.1) is 19.6 Å². The standard InChI is InChI=1S/C17H22N2O4/c1-12-10-14(17(21)19(12)13-6-3-2-4-7-13)18-15(20)11-16-22-8-5-9-23-16/h2-4,6-7,12,14,16H,5,8-11H2,1H3,(H,18,20)/t12-,14-/m1/s1. The summed E-state index contributed by atoms with van der Waals surface area (Å²) in [5, 5.41) is 2.82. The Balaban J connectivity index is 1.58. The Morgan fingerprint density at radius 3 is 2.65 bits per heavy atom. The van der Waals surface area contributed by atoms with Crippen molar-refractivity contribution in [3.63, 3.8) is 0 Å². The molecule has 0 bridgehead atoms. The number of nitrogens with zero attached hydrogens (tertiary/aromatic N) is 1. The number of hydrogen-bond acceptors (Lipinski definition) is 4. The van der Waals surface area contributed by atoms with E-state index in [0.29, 0.717) is 19.6 Å². The van der Waals surface area contributed by atoms with Gasteiger partial charge < -0.3 is 19.7 Å². The molecule has 2 fully saturated rings. The lowest BCUT2D eigenvalue weighted by Gasteiger charge is -2.23. The van der Waals surface area contributed by atoms with E-state index in [0.717, 1.165) is 12.1 Å². The van der Waals surface area contributed by atoms with Gasteiger partial charge in [0, 0.05) is 11.7 Å². The molecule has 3 rings (SSSR count). The van der Waals surface area contributed by atoms with E-state index in [-0.39, 0.29) is 24.3 Å². The maximum absolute atomic E-state index is 12.6. The molecule has 2 amide bonds. The number of hydrogen-bond donors (Lipinski definition) is 1. The average molecular weight is 318 g/mol. The van der Waals surface area contributed by atoms with Crippen LogP contribution < -0.4 is 10.2 Å². The Morgan fingerprint density at radius 1 is 1.26 bits per heavy atom. The monoisotopic (exact) mass is 318 g/mol. The molecular weight excluding hydrogens is 296 g/mol. The molecule has 1 aromatic rings. The summed E-state index contributed by atoms with van der Waals surface area (Å²) in [7, 11) is 0. The molecule has 23 heavy (non-hydrogen) atoms. The Kier molecular flexibility index (Phi) is 4.93. The van der Waals surface area contributed by atoms with Gasteiger partial charge in [0.1, 0.15) is 6.04 Å². The number of benzene rings is 1. The molecule has 2 aliphatic heterocycles. The highest BCUT2D eigenvalue weighted by Crippen LogP contribution is 2.26. The Labute approximate surface area is 135 Å². The first kappa shape index (κ1) is 16.0. The third kappa shape index (κ3) is 3.71. The van der Waals surface area contributed by atoms with Gasteiger partial charge in [-0.15, -0.1) is 0 Å². The second-order valence-electron chi connectivity index (χ2n) is 5.98. The van der Waals surface area contributed by atoms with Gasteiger partial charge in [0.15, 0.2) is 6.29 Å². The van der Waals surface area contributed by atoms with Crippen LogP contribution in [0.2, 0.25) is 0 Å². The fraction of sp³-hybridized carbons (Fsp3) is 0.529. The number of para-hydroxylation sites is 1. The molecule has 0 spiro atoms. The molecule has 2 atom stereocenters. The van der Waals surface area contributed by atoms with E-state index in [4.69, 9.17) is 9.47 Å². The van der Waals surface area contributed by atoms with Crippen LogP contribution in [-0.2, 0) is 19.1 Å². The molecule has 0 aliphatic carbocycles. The smallest absolute Gasteiger partial charge is 0.249 e. The summed E-state index contributed by atoms with van der Waals surface area (Å²) >= 11 is 0.